The lowest BCUT2D eigenvalue weighted by atomic mass is 10.2. The maximum atomic E-state index is 12.8. The van der Waals surface area contributed by atoms with Crippen molar-refractivity contribution in [3.05, 3.63) is 58.0 Å². The smallest absolute Gasteiger partial charge is 0.261 e. The molecule has 1 saturated heterocycles. The third kappa shape index (κ3) is 4.18. The van der Waals surface area contributed by atoms with E-state index in [-0.39, 0.29) is 5.91 Å². The molecule has 1 aliphatic heterocycles. The fourth-order valence-electron chi connectivity index (χ4n) is 2.88. The molecule has 1 aliphatic rings. The largest absolute Gasteiger partial charge is 0.378 e. The lowest BCUT2D eigenvalue weighted by Crippen LogP contribution is -2.38. The zero-order valence-corrected chi connectivity index (χ0v) is 16.8. The molecule has 1 amide bonds. The molecule has 0 radical (unpaired) electrons. The number of ether oxygens (including phenoxy) is 1. The molecule has 4 rings (SSSR count). The number of nitrogens with zero attached hydrogens (tertiary/aromatic N) is 3. The van der Waals surface area contributed by atoms with Crippen molar-refractivity contribution in [3.8, 4) is 11.3 Å². The molecule has 0 aliphatic carbocycles. The quantitative estimate of drug-likeness (QED) is 0.656. The van der Waals surface area contributed by atoms with Gasteiger partial charge in [0.15, 0.2) is 5.13 Å². The maximum Gasteiger partial charge on any atom is 0.261 e. The van der Waals surface area contributed by atoms with E-state index in [0.29, 0.717) is 29.7 Å². The molecule has 0 saturated carbocycles. The number of hydrogen-bond donors (Lipinski definition) is 1. The van der Waals surface area contributed by atoms with Crippen LogP contribution in [-0.2, 0) is 4.74 Å². The highest BCUT2D eigenvalue weighted by Gasteiger charge is 2.20. The first kappa shape index (κ1) is 18.1. The molecule has 3 heterocycles. The van der Waals surface area contributed by atoms with E-state index in [1.54, 1.807) is 18.3 Å². The second kappa shape index (κ2) is 8.16. The molecule has 0 unspecified atom stereocenters. The van der Waals surface area contributed by atoms with E-state index in [2.05, 4.69) is 36.1 Å². The molecule has 6 nitrogen and oxygen atoms in total. The summed E-state index contributed by atoms with van der Waals surface area (Å²) in [5.41, 5.74) is 2.37. The van der Waals surface area contributed by atoms with Gasteiger partial charge in [-0.15, -0.1) is 11.3 Å². The van der Waals surface area contributed by atoms with Crippen molar-refractivity contribution in [1.29, 1.82) is 0 Å². The average Bonchev–Trinajstić information content (AvgIpc) is 3.17. The molecule has 138 valence electrons. The third-order valence-electron chi connectivity index (χ3n) is 4.19. The predicted octanol–water partition coefficient (Wildman–Crippen LogP) is 4.06. The van der Waals surface area contributed by atoms with E-state index in [9.17, 15) is 4.79 Å². The number of hydrogen-bond acceptors (Lipinski definition) is 6. The van der Waals surface area contributed by atoms with Crippen LogP contribution in [0, 0.1) is 0 Å². The molecule has 0 spiro atoms. The fraction of sp³-hybridized carbons (Fsp3) is 0.211. The summed E-state index contributed by atoms with van der Waals surface area (Å²) in [6.07, 6.45) is 1.70. The fourth-order valence-corrected chi connectivity index (χ4v) is 3.99. The number of carbonyl (C=O) groups is 1. The summed E-state index contributed by atoms with van der Waals surface area (Å²) in [4.78, 5) is 23.9. The van der Waals surface area contributed by atoms with Crippen molar-refractivity contribution in [2.24, 2.45) is 0 Å². The summed E-state index contributed by atoms with van der Waals surface area (Å²) in [6.45, 7) is 2.73. The van der Waals surface area contributed by atoms with E-state index in [1.165, 1.54) is 11.3 Å². The van der Waals surface area contributed by atoms with Crippen LogP contribution in [0.4, 0.5) is 10.9 Å². The zero-order chi connectivity index (χ0) is 18.6. The van der Waals surface area contributed by atoms with E-state index >= 15 is 0 Å². The molecule has 27 heavy (non-hydrogen) atoms. The number of benzene rings is 1. The van der Waals surface area contributed by atoms with Crippen LogP contribution in [0.5, 0.6) is 0 Å². The standard InChI is InChI=1S/C19H17BrN4O2S/c20-14-4-1-3-13(11-14)16-12-27-19(22-16)23-18(25)15-5-2-6-21-17(15)24-7-9-26-10-8-24/h1-6,11-12H,7-10H2,(H,22,23,25). The Balaban J connectivity index is 1.53. The SMILES string of the molecule is O=C(Nc1nc(-c2cccc(Br)c2)cs1)c1cccnc1N1CCOCC1. The second-order valence-electron chi connectivity index (χ2n) is 5.98. The first-order valence-corrected chi connectivity index (χ1v) is 10.2. The highest BCUT2D eigenvalue weighted by molar-refractivity contribution is 9.10. The minimum atomic E-state index is -0.209. The van der Waals surface area contributed by atoms with Gasteiger partial charge in [0, 0.05) is 34.7 Å². The van der Waals surface area contributed by atoms with Gasteiger partial charge < -0.3 is 9.64 Å². The van der Waals surface area contributed by atoms with Crippen LogP contribution in [0.2, 0.25) is 0 Å². The molecule has 1 N–H and O–H groups in total. The van der Waals surface area contributed by atoms with Gasteiger partial charge in [-0.1, -0.05) is 28.1 Å². The minimum Gasteiger partial charge on any atom is -0.378 e. The number of pyridine rings is 1. The highest BCUT2D eigenvalue weighted by Crippen LogP contribution is 2.28. The van der Waals surface area contributed by atoms with Crippen LogP contribution >= 0.6 is 27.3 Å². The Labute approximate surface area is 169 Å². The number of carbonyl (C=O) groups excluding carboxylic acids is 1. The number of aromatic nitrogens is 2. The Morgan fingerprint density at radius 2 is 2.07 bits per heavy atom. The number of morpholine rings is 1. The second-order valence-corrected chi connectivity index (χ2v) is 7.75. The molecule has 0 atom stereocenters. The van der Waals surface area contributed by atoms with Crippen molar-refractivity contribution in [1.82, 2.24) is 9.97 Å². The van der Waals surface area contributed by atoms with Crippen LogP contribution in [0.1, 0.15) is 10.4 Å². The molecule has 2 aromatic heterocycles. The maximum absolute atomic E-state index is 12.8. The van der Waals surface area contributed by atoms with Crippen molar-refractivity contribution in [3.63, 3.8) is 0 Å². The highest BCUT2D eigenvalue weighted by atomic mass is 79.9. The lowest BCUT2D eigenvalue weighted by molar-refractivity contribution is 0.102. The Morgan fingerprint density at radius 1 is 1.22 bits per heavy atom. The Hall–Kier alpha value is -2.29. The number of anilines is 2. The number of rotatable bonds is 4. The van der Waals surface area contributed by atoms with E-state index in [1.807, 2.05) is 29.6 Å². The van der Waals surface area contributed by atoms with Gasteiger partial charge in [0.1, 0.15) is 5.82 Å². The van der Waals surface area contributed by atoms with Gasteiger partial charge in [0.2, 0.25) is 0 Å². The number of amides is 1. The van der Waals surface area contributed by atoms with Crippen LogP contribution in [-0.4, -0.2) is 42.2 Å². The Bertz CT molecular complexity index is 956. The van der Waals surface area contributed by atoms with E-state index in [0.717, 1.165) is 28.8 Å². The van der Waals surface area contributed by atoms with Crippen LogP contribution < -0.4 is 10.2 Å². The molecular formula is C19H17BrN4O2S. The summed E-state index contributed by atoms with van der Waals surface area (Å²) >= 11 is 4.87. The van der Waals surface area contributed by atoms with Crippen molar-refractivity contribution >= 4 is 44.1 Å². The molecule has 8 heteroatoms. The normalized spacial score (nSPS) is 14.2. The predicted molar refractivity (Wildman–Crippen MR) is 110 cm³/mol. The van der Waals surface area contributed by atoms with Crippen molar-refractivity contribution in [2.45, 2.75) is 0 Å². The third-order valence-corrected chi connectivity index (χ3v) is 5.44. The van der Waals surface area contributed by atoms with Gasteiger partial charge in [0.25, 0.3) is 5.91 Å². The monoisotopic (exact) mass is 444 g/mol. The average molecular weight is 445 g/mol. The molecule has 1 aromatic carbocycles. The summed E-state index contributed by atoms with van der Waals surface area (Å²) < 4.78 is 6.38. The van der Waals surface area contributed by atoms with E-state index < -0.39 is 0 Å². The summed E-state index contributed by atoms with van der Waals surface area (Å²) in [5.74, 6) is 0.474. The van der Waals surface area contributed by atoms with Crippen LogP contribution in [0.25, 0.3) is 11.3 Å². The van der Waals surface area contributed by atoms with Gasteiger partial charge in [-0.05, 0) is 24.3 Å². The lowest BCUT2D eigenvalue weighted by Gasteiger charge is -2.29. The van der Waals surface area contributed by atoms with Gasteiger partial charge in [0.05, 0.1) is 24.5 Å². The van der Waals surface area contributed by atoms with Crippen molar-refractivity contribution < 1.29 is 9.53 Å². The molecular weight excluding hydrogens is 428 g/mol. The summed E-state index contributed by atoms with van der Waals surface area (Å²) in [6, 6.07) is 11.5. The molecule has 0 bridgehead atoms. The minimum absolute atomic E-state index is 0.209. The topological polar surface area (TPSA) is 67.4 Å². The Morgan fingerprint density at radius 3 is 2.89 bits per heavy atom. The molecule has 3 aromatic rings. The summed E-state index contributed by atoms with van der Waals surface area (Å²) in [5, 5.41) is 5.40. The van der Waals surface area contributed by atoms with Gasteiger partial charge in [-0.25, -0.2) is 9.97 Å². The Kier molecular flexibility index (Phi) is 5.47. The van der Waals surface area contributed by atoms with Crippen LogP contribution in [0.15, 0.2) is 52.4 Å². The van der Waals surface area contributed by atoms with E-state index in [4.69, 9.17) is 4.74 Å². The number of halogens is 1. The van der Waals surface area contributed by atoms with Gasteiger partial charge in [-0.2, -0.15) is 0 Å². The molecule has 1 fully saturated rings. The number of nitrogens with one attached hydrogen (secondary N) is 1. The summed E-state index contributed by atoms with van der Waals surface area (Å²) in [7, 11) is 0. The number of thiazole rings is 1. The van der Waals surface area contributed by atoms with Crippen LogP contribution in [0.3, 0.4) is 0 Å². The van der Waals surface area contributed by atoms with Crippen molar-refractivity contribution in [2.75, 3.05) is 36.5 Å². The van der Waals surface area contributed by atoms with Gasteiger partial charge in [-0.3, -0.25) is 10.1 Å². The zero-order valence-electron chi connectivity index (χ0n) is 14.4. The first-order chi connectivity index (χ1) is 13.2. The van der Waals surface area contributed by atoms with Gasteiger partial charge >= 0.3 is 0 Å². The first-order valence-electron chi connectivity index (χ1n) is 8.51.